The van der Waals surface area contributed by atoms with E-state index in [-0.39, 0.29) is 11.7 Å². The summed E-state index contributed by atoms with van der Waals surface area (Å²) in [6.07, 6.45) is 0. The Morgan fingerprint density at radius 1 is 1.15 bits per heavy atom. The molecule has 2 N–H and O–H groups in total. The number of carbonyl (C=O) groups excluding carboxylic acids is 1. The van der Waals surface area contributed by atoms with E-state index in [9.17, 15) is 4.79 Å². The van der Waals surface area contributed by atoms with Gasteiger partial charge < -0.3 is 10.6 Å². The van der Waals surface area contributed by atoms with Gasteiger partial charge in [-0.25, -0.2) is 0 Å². The predicted octanol–water partition coefficient (Wildman–Crippen LogP) is 5.59. The Bertz CT molecular complexity index is 974. The number of halogens is 1. The van der Waals surface area contributed by atoms with Gasteiger partial charge in [0.25, 0.3) is 0 Å². The fourth-order valence-corrected chi connectivity index (χ4v) is 4.18. The van der Waals surface area contributed by atoms with Gasteiger partial charge in [-0.3, -0.25) is 4.79 Å². The second-order valence-electron chi connectivity index (χ2n) is 6.07. The Kier molecular flexibility index (Phi) is 6.36. The van der Waals surface area contributed by atoms with Crippen LogP contribution in [0, 0.1) is 20.8 Å². The lowest BCUT2D eigenvalue weighted by molar-refractivity contribution is -0.113. The van der Waals surface area contributed by atoms with Crippen LogP contribution in [0.4, 0.5) is 16.5 Å². The minimum absolute atomic E-state index is 0.107. The van der Waals surface area contributed by atoms with Gasteiger partial charge in [0.15, 0.2) is 4.34 Å². The van der Waals surface area contributed by atoms with Gasteiger partial charge in [0.05, 0.1) is 5.75 Å². The summed E-state index contributed by atoms with van der Waals surface area (Å²) in [7, 11) is 0. The number of hydrogen-bond donors (Lipinski definition) is 2. The number of thioether (sulfide) groups is 1. The molecular weight excluding hydrogens is 400 g/mol. The average Bonchev–Trinajstić information content (AvgIpc) is 3.07. The molecule has 0 saturated heterocycles. The van der Waals surface area contributed by atoms with E-state index in [1.54, 1.807) is 6.07 Å². The predicted molar refractivity (Wildman–Crippen MR) is 115 cm³/mol. The zero-order valence-electron chi connectivity index (χ0n) is 15.2. The summed E-state index contributed by atoms with van der Waals surface area (Å²) in [4.78, 5) is 12.2. The number of anilines is 3. The molecule has 1 aromatic heterocycles. The van der Waals surface area contributed by atoms with Crippen molar-refractivity contribution in [3.8, 4) is 0 Å². The van der Waals surface area contributed by atoms with Gasteiger partial charge in [0.1, 0.15) is 0 Å². The largest absolute Gasteiger partial charge is 0.330 e. The topological polar surface area (TPSA) is 66.9 Å². The van der Waals surface area contributed by atoms with Gasteiger partial charge in [-0.15, -0.1) is 10.2 Å². The molecule has 0 bridgehead atoms. The molecule has 3 rings (SSSR count). The molecule has 0 radical (unpaired) electrons. The third kappa shape index (κ3) is 5.22. The molecule has 0 unspecified atom stereocenters. The Morgan fingerprint density at radius 3 is 2.74 bits per heavy atom. The van der Waals surface area contributed by atoms with Crippen molar-refractivity contribution in [2.75, 3.05) is 16.4 Å². The normalized spacial score (nSPS) is 10.7. The van der Waals surface area contributed by atoms with E-state index in [4.69, 9.17) is 11.6 Å². The maximum atomic E-state index is 12.2. The lowest BCUT2D eigenvalue weighted by Crippen LogP contribution is -2.14. The summed E-state index contributed by atoms with van der Waals surface area (Å²) in [6.45, 7) is 5.99. The molecule has 1 amide bonds. The number of aromatic nitrogens is 2. The maximum Gasteiger partial charge on any atom is 0.234 e. The van der Waals surface area contributed by atoms with E-state index >= 15 is 0 Å². The van der Waals surface area contributed by atoms with Crippen LogP contribution >= 0.6 is 34.7 Å². The molecule has 3 aromatic rings. The minimum atomic E-state index is -0.107. The van der Waals surface area contributed by atoms with E-state index in [1.165, 1.54) is 28.7 Å². The maximum absolute atomic E-state index is 12.2. The molecule has 0 aliphatic heterocycles. The van der Waals surface area contributed by atoms with Crippen LogP contribution in [0.25, 0.3) is 0 Å². The molecule has 5 nitrogen and oxygen atoms in total. The highest BCUT2D eigenvalue weighted by Crippen LogP contribution is 2.29. The van der Waals surface area contributed by atoms with Gasteiger partial charge in [-0.1, -0.05) is 58.5 Å². The van der Waals surface area contributed by atoms with Crippen LogP contribution in [0.1, 0.15) is 16.7 Å². The highest BCUT2D eigenvalue weighted by Gasteiger charge is 2.11. The number of aryl methyl sites for hydroxylation is 2. The van der Waals surface area contributed by atoms with E-state index in [1.807, 2.05) is 38.1 Å². The van der Waals surface area contributed by atoms with Gasteiger partial charge in [-0.2, -0.15) is 0 Å². The Hall–Kier alpha value is -2.09. The van der Waals surface area contributed by atoms with Crippen LogP contribution in [0.3, 0.4) is 0 Å². The SMILES string of the molecule is Cc1ccc(Nc2nnc(SCC(=O)Nc3cccc(Cl)c3C)s2)c(C)c1. The summed E-state index contributed by atoms with van der Waals surface area (Å²) in [5, 5.41) is 15.8. The van der Waals surface area contributed by atoms with Crippen LogP contribution in [-0.2, 0) is 4.79 Å². The summed E-state index contributed by atoms with van der Waals surface area (Å²) >= 11 is 8.86. The van der Waals surface area contributed by atoms with E-state index in [0.717, 1.165) is 26.8 Å². The van der Waals surface area contributed by atoms with Gasteiger partial charge in [0, 0.05) is 16.4 Å². The molecule has 27 heavy (non-hydrogen) atoms. The average molecular weight is 419 g/mol. The molecule has 1 heterocycles. The Morgan fingerprint density at radius 2 is 1.96 bits per heavy atom. The first-order chi connectivity index (χ1) is 12.9. The summed E-state index contributed by atoms with van der Waals surface area (Å²) in [5.74, 6) is 0.147. The highest BCUT2D eigenvalue weighted by atomic mass is 35.5. The van der Waals surface area contributed by atoms with Crippen LogP contribution in [0.15, 0.2) is 40.7 Å². The van der Waals surface area contributed by atoms with E-state index < -0.39 is 0 Å². The molecule has 2 aromatic carbocycles. The fraction of sp³-hybridized carbons (Fsp3) is 0.211. The van der Waals surface area contributed by atoms with E-state index in [0.29, 0.717) is 10.2 Å². The number of carbonyl (C=O) groups is 1. The zero-order chi connectivity index (χ0) is 19.4. The van der Waals surface area contributed by atoms with Crippen molar-refractivity contribution in [3.05, 3.63) is 58.1 Å². The van der Waals surface area contributed by atoms with Gasteiger partial charge in [-0.05, 0) is 50.1 Å². The molecule has 0 spiro atoms. The van der Waals surface area contributed by atoms with E-state index in [2.05, 4.69) is 33.8 Å². The molecule has 0 atom stereocenters. The highest BCUT2D eigenvalue weighted by molar-refractivity contribution is 8.01. The van der Waals surface area contributed by atoms with Crippen molar-refractivity contribution in [2.24, 2.45) is 0 Å². The second-order valence-corrected chi connectivity index (χ2v) is 8.67. The number of benzene rings is 2. The number of rotatable bonds is 6. The Balaban J connectivity index is 1.56. The lowest BCUT2D eigenvalue weighted by Gasteiger charge is -2.08. The number of nitrogens with zero attached hydrogens (tertiary/aromatic N) is 2. The van der Waals surface area contributed by atoms with Crippen LogP contribution < -0.4 is 10.6 Å². The summed E-state index contributed by atoms with van der Waals surface area (Å²) in [5.41, 5.74) is 4.95. The quantitative estimate of drug-likeness (QED) is 0.510. The monoisotopic (exact) mass is 418 g/mol. The zero-order valence-corrected chi connectivity index (χ0v) is 17.6. The van der Waals surface area contributed by atoms with Crippen molar-refractivity contribution in [3.63, 3.8) is 0 Å². The van der Waals surface area contributed by atoms with Crippen LogP contribution in [-0.4, -0.2) is 21.9 Å². The third-order valence-electron chi connectivity index (χ3n) is 3.90. The first kappa shape index (κ1) is 19.7. The van der Waals surface area contributed by atoms with Crippen molar-refractivity contribution in [1.82, 2.24) is 10.2 Å². The van der Waals surface area contributed by atoms with Crippen molar-refractivity contribution in [2.45, 2.75) is 25.1 Å². The minimum Gasteiger partial charge on any atom is -0.330 e. The van der Waals surface area contributed by atoms with Gasteiger partial charge >= 0.3 is 0 Å². The van der Waals surface area contributed by atoms with Crippen LogP contribution in [0.5, 0.6) is 0 Å². The molecule has 0 aliphatic carbocycles. The van der Waals surface area contributed by atoms with Gasteiger partial charge in [0.2, 0.25) is 11.0 Å². The number of amides is 1. The first-order valence-electron chi connectivity index (χ1n) is 8.28. The van der Waals surface area contributed by atoms with Crippen molar-refractivity contribution < 1.29 is 4.79 Å². The smallest absolute Gasteiger partial charge is 0.234 e. The molecule has 0 aliphatic rings. The van der Waals surface area contributed by atoms with Crippen LogP contribution in [0.2, 0.25) is 5.02 Å². The standard InChI is InChI=1S/C19H19ClN4OS2/c1-11-7-8-15(12(2)9-11)22-18-23-24-19(27-18)26-10-17(25)21-16-6-4-5-14(20)13(16)3/h4-9H,10H2,1-3H3,(H,21,25)(H,22,23). The second kappa shape index (κ2) is 8.73. The first-order valence-corrected chi connectivity index (χ1v) is 10.5. The lowest BCUT2D eigenvalue weighted by atomic mass is 10.1. The summed E-state index contributed by atoms with van der Waals surface area (Å²) < 4.78 is 0.736. The van der Waals surface area contributed by atoms with Crippen molar-refractivity contribution in [1.29, 1.82) is 0 Å². The fourth-order valence-electron chi connectivity index (χ4n) is 2.44. The number of hydrogen-bond acceptors (Lipinski definition) is 6. The molecular formula is C19H19ClN4OS2. The summed E-state index contributed by atoms with van der Waals surface area (Å²) in [6, 6.07) is 11.6. The Labute approximate surface area is 171 Å². The van der Waals surface area contributed by atoms with Crippen molar-refractivity contribution >= 4 is 57.1 Å². The number of nitrogens with one attached hydrogen (secondary N) is 2. The molecule has 140 valence electrons. The molecule has 8 heteroatoms. The molecule has 0 fully saturated rings. The third-order valence-corrected chi connectivity index (χ3v) is 6.28. The molecule has 0 saturated carbocycles.